The van der Waals surface area contributed by atoms with Crippen molar-refractivity contribution in [3.05, 3.63) is 48.0 Å². The van der Waals surface area contributed by atoms with Crippen LogP contribution in [0.5, 0.6) is 0 Å². The number of H-pyrrole nitrogens is 1. The Hall–Kier alpha value is -3.17. The second kappa shape index (κ2) is 6.53. The third kappa shape index (κ3) is 3.29. The van der Waals surface area contributed by atoms with Gasteiger partial charge in [-0.1, -0.05) is 18.2 Å². The number of halogens is 3. The summed E-state index contributed by atoms with van der Waals surface area (Å²) in [5.74, 6) is 0.000381. The number of piperazine rings is 1. The number of hydrogen-bond donors (Lipinski definition) is 1. The first-order valence-electron chi connectivity index (χ1n) is 8.30. The molecule has 1 fully saturated rings. The zero-order chi connectivity index (χ0) is 19.0. The van der Waals surface area contributed by atoms with Crippen molar-refractivity contribution < 1.29 is 18.0 Å². The summed E-state index contributed by atoms with van der Waals surface area (Å²) >= 11 is 0. The van der Waals surface area contributed by atoms with Gasteiger partial charge in [-0.2, -0.15) is 18.3 Å². The maximum atomic E-state index is 12.8. The van der Waals surface area contributed by atoms with E-state index in [2.05, 4.69) is 20.2 Å². The van der Waals surface area contributed by atoms with Crippen LogP contribution in [0.3, 0.4) is 0 Å². The van der Waals surface area contributed by atoms with Gasteiger partial charge in [0.15, 0.2) is 5.69 Å². The molecule has 10 heteroatoms. The summed E-state index contributed by atoms with van der Waals surface area (Å²) in [7, 11) is 0. The molecule has 0 radical (unpaired) electrons. The van der Waals surface area contributed by atoms with Crippen LogP contribution in [0.25, 0.3) is 10.9 Å². The van der Waals surface area contributed by atoms with Crippen LogP contribution in [0.15, 0.2) is 36.7 Å². The van der Waals surface area contributed by atoms with Crippen LogP contribution in [0.4, 0.5) is 19.0 Å². The van der Waals surface area contributed by atoms with Crippen LogP contribution < -0.4 is 4.90 Å². The van der Waals surface area contributed by atoms with Gasteiger partial charge in [-0.05, 0) is 6.07 Å². The Balaban J connectivity index is 1.47. The van der Waals surface area contributed by atoms with Gasteiger partial charge in [0, 0.05) is 37.6 Å². The molecule has 1 saturated heterocycles. The van der Waals surface area contributed by atoms with Gasteiger partial charge in [-0.15, -0.1) is 0 Å². The van der Waals surface area contributed by atoms with Crippen LogP contribution in [0, 0.1) is 0 Å². The van der Waals surface area contributed by atoms with Gasteiger partial charge in [-0.25, -0.2) is 9.97 Å². The molecule has 0 atom stereocenters. The third-order valence-electron chi connectivity index (χ3n) is 4.51. The molecule has 7 nitrogen and oxygen atoms in total. The Labute approximate surface area is 151 Å². The predicted molar refractivity (Wildman–Crippen MR) is 91.2 cm³/mol. The minimum absolute atomic E-state index is 0.203. The van der Waals surface area contributed by atoms with Gasteiger partial charge in [-0.3, -0.25) is 9.89 Å². The molecular weight excluding hydrogens is 361 g/mol. The van der Waals surface area contributed by atoms with Crippen molar-refractivity contribution in [2.24, 2.45) is 0 Å². The standard InChI is InChI=1S/C17H15F3N6O/c18-17(19,20)13-9-14(22-10-21-13)25-5-7-26(8-6-25)16(27)15-11-3-1-2-4-12(11)23-24-15/h1-4,9-10H,5-8H2,(H,23,24). The van der Waals surface area contributed by atoms with Crippen LogP contribution in [-0.4, -0.2) is 57.2 Å². The largest absolute Gasteiger partial charge is 0.433 e. The molecule has 1 aliphatic rings. The molecule has 140 valence electrons. The van der Waals surface area contributed by atoms with Crippen molar-refractivity contribution >= 4 is 22.6 Å². The molecule has 27 heavy (non-hydrogen) atoms. The number of benzene rings is 1. The minimum Gasteiger partial charge on any atom is -0.353 e. The van der Waals surface area contributed by atoms with Crippen molar-refractivity contribution in [3.8, 4) is 0 Å². The molecule has 0 unspecified atom stereocenters. The number of aromatic amines is 1. The van der Waals surface area contributed by atoms with Crippen molar-refractivity contribution in [1.82, 2.24) is 25.1 Å². The highest BCUT2D eigenvalue weighted by molar-refractivity contribution is 6.04. The van der Waals surface area contributed by atoms with Gasteiger partial charge < -0.3 is 9.80 Å². The number of para-hydroxylation sites is 1. The fourth-order valence-electron chi connectivity index (χ4n) is 3.09. The maximum Gasteiger partial charge on any atom is 0.433 e. The van der Waals surface area contributed by atoms with Gasteiger partial charge in [0.25, 0.3) is 5.91 Å². The molecule has 0 spiro atoms. The van der Waals surface area contributed by atoms with Crippen LogP contribution in [0.1, 0.15) is 16.2 Å². The van der Waals surface area contributed by atoms with Crippen molar-refractivity contribution in [3.63, 3.8) is 0 Å². The Kier molecular flexibility index (Phi) is 4.17. The summed E-state index contributed by atoms with van der Waals surface area (Å²) in [6.45, 7) is 1.49. The first kappa shape index (κ1) is 17.3. The van der Waals surface area contributed by atoms with E-state index in [1.54, 1.807) is 9.80 Å². The number of anilines is 1. The van der Waals surface area contributed by atoms with E-state index in [1.807, 2.05) is 24.3 Å². The van der Waals surface area contributed by atoms with Crippen LogP contribution >= 0.6 is 0 Å². The third-order valence-corrected chi connectivity index (χ3v) is 4.51. The zero-order valence-electron chi connectivity index (χ0n) is 14.1. The van der Waals surface area contributed by atoms with E-state index in [4.69, 9.17) is 0 Å². The normalized spacial score (nSPS) is 15.4. The summed E-state index contributed by atoms with van der Waals surface area (Å²) in [6, 6.07) is 8.27. The molecule has 1 amide bonds. The topological polar surface area (TPSA) is 78.0 Å². The van der Waals surface area contributed by atoms with E-state index in [-0.39, 0.29) is 11.7 Å². The number of fused-ring (bicyclic) bond motifs is 1. The van der Waals surface area contributed by atoms with Gasteiger partial charge in [0.05, 0.1) is 5.52 Å². The molecule has 3 aromatic rings. The summed E-state index contributed by atoms with van der Waals surface area (Å²) in [4.78, 5) is 23.3. The lowest BCUT2D eigenvalue weighted by Crippen LogP contribution is -2.49. The maximum absolute atomic E-state index is 12.8. The first-order chi connectivity index (χ1) is 12.9. The Morgan fingerprint density at radius 2 is 1.81 bits per heavy atom. The van der Waals surface area contributed by atoms with E-state index in [9.17, 15) is 18.0 Å². The molecule has 1 aromatic carbocycles. The molecule has 0 aliphatic carbocycles. The van der Waals surface area contributed by atoms with Gasteiger partial charge in [0.2, 0.25) is 0 Å². The molecule has 4 rings (SSSR count). The number of nitrogens with zero attached hydrogens (tertiary/aromatic N) is 5. The highest BCUT2D eigenvalue weighted by Gasteiger charge is 2.34. The average molecular weight is 376 g/mol. The molecule has 3 heterocycles. The minimum atomic E-state index is -4.52. The zero-order valence-corrected chi connectivity index (χ0v) is 14.1. The lowest BCUT2D eigenvalue weighted by molar-refractivity contribution is -0.141. The second-order valence-corrected chi connectivity index (χ2v) is 6.16. The van der Waals surface area contributed by atoms with Crippen LogP contribution in [-0.2, 0) is 6.18 Å². The number of carbonyl (C=O) groups is 1. The molecular formula is C17H15F3N6O. The van der Waals surface area contributed by atoms with E-state index in [0.29, 0.717) is 31.9 Å². The van der Waals surface area contributed by atoms with E-state index < -0.39 is 11.9 Å². The summed E-state index contributed by atoms with van der Waals surface area (Å²) in [5, 5.41) is 7.69. The molecule has 2 aromatic heterocycles. The van der Waals surface area contributed by atoms with Crippen molar-refractivity contribution in [2.45, 2.75) is 6.18 Å². The smallest absolute Gasteiger partial charge is 0.353 e. The van der Waals surface area contributed by atoms with Gasteiger partial charge >= 0.3 is 6.18 Å². The Bertz CT molecular complexity index is 978. The van der Waals surface area contributed by atoms with E-state index >= 15 is 0 Å². The van der Waals surface area contributed by atoms with Crippen molar-refractivity contribution in [1.29, 1.82) is 0 Å². The average Bonchev–Trinajstić information content (AvgIpc) is 3.11. The first-order valence-corrected chi connectivity index (χ1v) is 8.30. The molecule has 1 N–H and O–H groups in total. The lowest BCUT2D eigenvalue weighted by Gasteiger charge is -2.35. The van der Waals surface area contributed by atoms with Crippen LogP contribution in [0.2, 0.25) is 0 Å². The summed E-state index contributed by atoms with van der Waals surface area (Å²) in [6.07, 6.45) is -3.61. The predicted octanol–water partition coefficient (Wildman–Crippen LogP) is 2.33. The number of alkyl halides is 3. The highest BCUT2D eigenvalue weighted by Crippen LogP contribution is 2.29. The number of nitrogens with one attached hydrogen (secondary N) is 1. The fourth-order valence-corrected chi connectivity index (χ4v) is 3.09. The van der Waals surface area contributed by atoms with E-state index in [0.717, 1.165) is 23.3 Å². The number of amides is 1. The molecule has 1 aliphatic heterocycles. The number of hydrogen-bond acceptors (Lipinski definition) is 5. The number of rotatable bonds is 2. The number of aromatic nitrogens is 4. The summed E-state index contributed by atoms with van der Waals surface area (Å²) < 4.78 is 38.4. The SMILES string of the molecule is O=C(c1n[nH]c2ccccc12)N1CCN(c2cc(C(F)(F)F)ncn2)CC1. The van der Waals surface area contributed by atoms with Crippen molar-refractivity contribution in [2.75, 3.05) is 31.1 Å². The molecule has 0 saturated carbocycles. The summed E-state index contributed by atoms with van der Waals surface area (Å²) in [5.41, 5.74) is 0.148. The number of carbonyl (C=O) groups excluding carboxylic acids is 1. The monoisotopic (exact) mass is 376 g/mol. The van der Waals surface area contributed by atoms with Gasteiger partial charge in [0.1, 0.15) is 17.8 Å². The second-order valence-electron chi connectivity index (χ2n) is 6.16. The molecule has 0 bridgehead atoms. The Morgan fingerprint density at radius 3 is 2.56 bits per heavy atom. The highest BCUT2D eigenvalue weighted by atomic mass is 19.4. The lowest BCUT2D eigenvalue weighted by atomic mass is 10.2. The quantitative estimate of drug-likeness (QED) is 0.743. The fraction of sp³-hybridized carbons (Fsp3) is 0.294. The van der Waals surface area contributed by atoms with E-state index in [1.165, 1.54) is 0 Å². The Morgan fingerprint density at radius 1 is 1.07 bits per heavy atom.